The van der Waals surface area contributed by atoms with E-state index in [1.54, 1.807) is 24.3 Å². The number of hydrogen-bond acceptors (Lipinski definition) is 3. The molecule has 22 heavy (non-hydrogen) atoms. The predicted molar refractivity (Wildman–Crippen MR) is 83.4 cm³/mol. The van der Waals surface area contributed by atoms with Crippen molar-refractivity contribution in [1.82, 2.24) is 10.6 Å². The Bertz CT molecular complexity index is 584. The van der Waals surface area contributed by atoms with Crippen LogP contribution in [0.15, 0.2) is 24.3 Å². The summed E-state index contributed by atoms with van der Waals surface area (Å²) < 4.78 is 0. The number of hydrogen-bond donors (Lipinski definition) is 3. The van der Waals surface area contributed by atoms with E-state index in [9.17, 15) is 14.4 Å². The van der Waals surface area contributed by atoms with Crippen LogP contribution in [0.4, 0.5) is 5.69 Å². The van der Waals surface area contributed by atoms with Gasteiger partial charge >= 0.3 is 0 Å². The summed E-state index contributed by atoms with van der Waals surface area (Å²) in [5.41, 5.74) is 0.930. The first-order chi connectivity index (χ1) is 10.5. The molecule has 1 unspecified atom stereocenters. The van der Waals surface area contributed by atoms with Crippen molar-refractivity contribution >= 4 is 23.4 Å². The molecule has 118 valence electrons. The number of nitrogens with one attached hydrogen (secondary N) is 3. The van der Waals surface area contributed by atoms with Gasteiger partial charge in [0.1, 0.15) is 6.04 Å². The molecule has 6 nitrogen and oxygen atoms in total. The maximum atomic E-state index is 12.1. The summed E-state index contributed by atoms with van der Waals surface area (Å²) in [7, 11) is 0. The number of fused-ring (bicyclic) bond motifs is 1. The van der Waals surface area contributed by atoms with Gasteiger partial charge in [-0.05, 0) is 24.5 Å². The average molecular weight is 303 g/mol. The van der Waals surface area contributed by atoms with Crippen molar-refractivity contribution in [2.75, 3.05) is 11.9 Å². The fourth-order valence-electron chi connectivity index (χ4n) is 2.20. The highest BCUT2D eigenvalue weighted by Gasteiger charge is 2.27. The van der Waals surface area contributed by atoms with Gasteiger partial charge < -0.3 is 16.0 Å². The van der Waals surface area contributed by atoms with E-state index in [0.717, 1.165) is 0 Å². The Morgan fingerprint density at radius 2 is 2.00 bits per heavy atom. The Kier molecular flexibility index (Phi) is 5.14. The summed E-state index contributed by atoms with van der Waals surface area (Å²) in [5.74, 6) is -0.340. The van der Waals surface area contributed by atoms with Crippen LogP contribution < -0.4 is 16.0 Å². The van der Waals surface area contributed by atoms with Gasteiger partial charge in [-0.3, -0.25) is 14.4 Å². The standard InChI is InChI=1S/C16H21N3O3/c1-10(2)9-17-14(20)8-7-13-16(22)18-12-6-4-3-5-11(12)15(21)19-13/h3-6,10,13H,7-9H2,1-2H3,(H,17,20)(H,18,22)(H,19,21). The molecule has 1 atom stereocenters. The van der Waals surface area contributed by atoms with Crippen molar-refractivity contribution in [2.45, 2.75) is 32.7 Å². The number of carbonyl (C=O) groups is 3. The molecule has 6 heteroatoms. The molecule has 0 spiro atoms. The lowest BCUT2D eigenvalue weighted by Gasteiger charge is -2.14. The number of benzene rings is 1. The van der Waals surface area contributed by atoms with Crippen molar-refractivity contribution in [1.29, 1.82) is 0 Å². The van der Waals surface area contributed by atoms with Crippen molar-refractivity contribution in [2.24, 2.45) is 5.92 Å². The number of amides is 3. The van der Waals surface area contributed by atoms with E-state index in [2.05, 4.69) is 16.0 Å². The summed E-state index contributed by atoms with van der Waals surface area (Å²) in [4.78, 5) is 36.0. The molecule has 1 aromatic rings. The molecule has 0 bridgehead atoms. The third kappa shape index (κ3) is 4.07. The zero-order chi connectivity index (χ0) is 16.1. The van der Waals surface area contributed by atoms with Crippen LogP contribution >= 0.6 is 0 Å². The summed E-state index contributed by atoms with van der Waals surface area (Å²) in [6, 6.07) is 6.13. The lowest BCUT2D eigenvalue weighted by atomic mass is 10.1. The van der Waals surface area contributed by atoms with Gasteiger partial charge in [0.05, 0.1) is 11.3 Å². The van der Waals surface area contributed by atoms with Crippen LogP contribution in [0.2, 0.25) is 0 Å². The van der Waals surface area contributed by atoms with Crippen LogP contribution in [0.3, 0.4) is 0 Å². The van der Waals surface area contributed by atoms with Crippen LogP contribution in [0, 0.1) is 5.92 Å². The monoisotopic (exact) mass is 303 g/mol. The van der Waals surface area contributed by atoms with E-state index in [1.807, 2.05) is 13.8 Å². The maximum Gasteiger partial charge on any atom is 0.254 e. The second-order valence-corrected chi connectivity index (χ2v) is 5.80. The van der Waals surface area contributed by atoms with Crippen LogP contribution in [0.1, 0.15) is 37.0 Å². The molecule has 1 heterocycles. The largest absolute Gasteiger partial charge is 0.356 e. The van der Waals surface area contributed by atoms with Crippen molar-refractivity contribution < 1.29 is 14.4 Å². The fourth-order valence-corrected chi connectivity index (χ4v) is 2.20. The highest BCUT2D eigenvalue weighted by molar-refractivity contribution is 6.09. The van der Waals surface area contributed by atoms with E-state index in [4.69, 9.17) is 0 Å². The molecule has 0 fully saturated rings. The molecule has 0 aromatic heterocycles. The topological polar surface area (TPSA) is 87.3 Å². The minimum atomic E-state index is -0.704. The molecule has 0 saturated carbocycles. The number of anilines is 1. The van der Waals surface area contributed by atoms with Gasteiger partial charge in [-0.15, -0.1) is 0 Å². The van der Waals surface area contributed by atoms with E-state index in [-0.39, 0.29) is 30.6 Å². The van der Waals surface area contributed by atoms with E-state index in [0.29, 0.717) is 23.7 Å². The molecular weight excluding hydrogens is 282 g/mol. The second kappa shape index (κ2) is 7.06. The first kappa shape index (κ1) is 16.0. The third-order valence-corrected chi connectivity index (χ3v) is 3.42. The lowest BCUT2D eigenvalue weighted by Crippen LogP contribution is -2.42. The number of rotatable bonds is 5. The average Bonchev–Trinajstić information content (AvgIpc) is 2.60. The molecule has 2 rings (SSSR count). The molecule has 1 aromatic carbocycles. The quantitative estimate of drug-likeness (QED) is 0.766. The highest BCUT2D eigenvalue weighted by Crippen LogP contribution is 2.19. The Morgan fingerprint density at radius 1 is 1.27 bits per heavy atom. The highest BCUT2D eigenvalue weighted by atomic mass is 16.2. The Labute approximate surface area is 129 Å². The zero-order valence-electron chi connectivity index (χ0n) is 12.8. The summed E-state index contributed by atoms with van der Waals surface area (Å²) in [5, 5.41) is 8.19. The van der Waals surface area contributed by atoms with Crippen molar-refractivity contribution in [3.05, 3.63) is 29.8 Å². The lowest BCUT2D eigenvalue weighted by molar-refractivity contribution is -0.122. The Morgan fingerprint density at radius 3 is 2.73 bits per heavy atom. The normalized spacial score (nSPS) is 17.3. The van der Waals surface area contributed by atoms with Gasteiger partial charge in [-0.1, -0.05) is 26.0 Å². The van der Waals surface area contributed by atoms with Gasteiger partial charge in [0.15, 0.2) is 0 Å². The van der Waals surface area contributed by atoms with E-state index in [1.165, 1.54) is 0 Å². The third-order valence-electron chi connectivity index (χ3n) is 3.42. The van der Waals surface area contributed by atoms with Gasteiger partial charge in [0.25, 0.3) is 5.91 Å². The first-order valence-corrected chi connectivity index (χ1v) is 7.45. The minimum absolute atomic E-state index is 0.113. The van der Waals surface area contributed by atoms with Crippen molar-refractivity contribution in [3.8, 4) is 0 Å². The molecule has 0 saturated heterocycles. The Balaban J connectivity index is 1.95. The summed E-state index contributed by atoms with van der Waals surface area (Å²) in [6.07, 6.45) is 0.469. The first-order valence-electron chi connectivity index (χ1n) is 7.45. The number of carbonyl (C=O) groups excluding carboxylic acids is 3. The molecule has 3 N–H and O–H groups in total. The minimum Gasteiger partial charge on any atom is -0.356 e. The second-order valence-electron chi connectivity index (χ2n) is 5.80. The van der Waals surface area contributed by atoms with Gasteiger partial charge in [-0.2, -0.15) is 0 Å². The molecule has 1 aliphatic rings. The summed E-state index contributed by atoms with van der Waals surface area (Å²) in [6.45, 7) is 4.63. The Hall–Kier alpha value is -2.37. The fraction of sp³-hybridized carbons (Fsp3) is 0.438. The molecule has 0 aliphatic carbocycles. The smallest absolute Gasteiger partial charge is 0.254 e. The molecule has 0 radical (unpaired) electrons. The molecule has 1 aliphatic heterocycles. The number of para-hydroxylation sites is 1. The van der Waals surface area contributed by atoms with Crippen LogP contribution in [-0.4, -0.2) is 30.3 Å². The predicted octanol–water partition coefficient (Wildman–Crippen LogP) is 1.29. The molecular formula is C16H21N3O3. The van der Waals surface area contributed by atoms with Crippen molar-refractivity contribution in [3.63, 3.8) is 0 Å². The van der Waals surface area contributed by atoms with Gasteiger partial charge in [0.2, 0.25) is 11.8 Å². The zero-order valence-corrected chi connectivity index (χ0v) is 12.8. The van der Waals surface area contributed by atoms with Gasteiger partial charge in [-0.25, -0.2) is 0 Å². The van der Waals surface area contributed by atoms with Crippen LogP contribution in [0.25, 0.3) is 0 Å². The van der Waals surface area contributed by atoms with Crippen LogP contribution in [-0.2, 0) is 9.59 Å². The van der Waals surface area contributed by atoms with Crippen LogP contribution in [0.5, 0.6) is 0 Å². The van der Waals surface area contributed by atoms with Gasteiger partial charge in [0, 0.05) is 13.0 Å². The SMILES string of the molecule is CC(C)CNC(=O)CCC1NC(=O)c2ccccc2NC1=O. The van der Waals surface area contributed by atoms with E-state index < -0.39 is 6.04 Å². The molecule has 3 amide bonds. The summed E-state index contributed by atoms with van der Waals surface area (Å²) >= 11 is 0. The maximum absolute atomic E-state index is 12.1. The van der Waals surface area contributed by atoms with E-state index >= 15 is 0 Å².